The zero-order chi connectivity index (χ0) is 35.3. The van der Waals surface area contributed by atoms with Gasteiger partial charge in [-0.25, -0.2) is 19.2 Å². The number of nitrogens with zero attached hydrogens (tertiary/aromatic N) is 6. The number of aromatic nitrogens is 3. The third-order valence-electron chi connectivity index (χ3n) is 9.75. The van der Waals surface area contributed by atoms with E-state index in [-0.39, 0.29) is 39.8 Å². The summed E-state index contributed by atoms with van der Waals surface area (Å²) >= 11 is 0. The predicted molar refractivity (Wildman–Crippen MR) is 188 cm³/mol. The molecule has 0 spiro atoms. The van der Waals surface area contributed by atoms with Gasteiger partial charge in [0.2, 0.25) is 5.43 Å². The smallest absolute Gasteiger partial charge is 0.341 e. The van der Waals surface area contributed by atoms with E-state index in [1.54, 1.807) is 10.6 Å². The number of pyridine rings is 1. The molecule has 2 aliphatic heterocycles. The van der Waals surface area contributed by atoms with E-state index in [1.807, 2.05) is 22.8 Å². The number of aromatic carboxylic acids is 1. The lowest BCUT2D eigenvalue weighted by molar-refractivity contribution is -0.137. The summed E-state index contributed by atoms with van der Waals surface area (Å²) in [6, 6.07) is 6.97. The number of carboxylic acid groups (broad SMARTS) is 2. The average Bonchev–Trinajstić information content (AvgIpc) is 3.92. The summed E-state index contributed by atoms with van der Waals surface area (Å²) in [6.07, 6.45) is 6.21. The molecule has 0 bridgehead atoms. The quantitative estimate of drug-likeness (QED) is 0.199. The van der Waals surface area contributed by atoms with Crippen molar-refractivity contribution in [3.63, 3.8) is 0 Å². The molecule has 14 heteroatoms. The molecule has 2 fully saturated rings. The summed E-state index contributed by atoms with van der Waals surface area (Å²) in [5.41, 5.74) is 3.15. The van der Waals surface area contributed by atoms with Gasteiger partial charge in [0.25, 0.3) is 5.56 Å². The molecule has 0 radical (unpaired) electrons. The van der Waals surface area contributed by atoms with Gasteiger partial charge in [-0.15, -0.1) is 0 Å². The van der Waals surface area contributed by atoms with Crippen molar-refractivity contribution < 1.29 is 24.2 Å². The summed E-state index contributed by atoms with van der Waals surface area (Å²) in [5, 5.41) is 18.8. The van der Waals surface area contributed by atoms with Crippen LogP contribution in [0.25, 0.3) is 17.5 Å². The van der Waals surface area contributed by atoms with Crippen LogP contribution >= 0.6 is 0 Å². The number of benzene rings is 2. The molecule has 50 heavy (non-hydrogen) atoms. The highest BCUT2D eigenvalue weighted by Gasteiger charge is 2.30. The van der Waals surface area contributed by atoms with E-state index < -0.39 is 23.2 Å². The van der Waals surface area contributed by atoms with Crippen LogP contribution in [0.15, 0.2) is 45.0 Å². The molecule has 13 nitrogen and oxygen atoms in total. The third-order valence-corrected chi connectivity index (χ3v) is 9.75. The van der Waals surface area contributed by atoms with Crippen LogP contribution in [0.5, 0.6) is 0 Å². The first kappa shape index (κ1) is 33.0. The zero-order valence-electron chi connectivity index (χ0n) is 27.7. The number of aliphatic carboxylic acids is 1. The van der Waals surface area contributed by atoms with E-state index in [4.69, 9.17) is 5.11 Å². The maximum absolute atomic E-state index is 15.6. The van der Waals surface area contributed by atoms with Gasteiger partial charge in [-0.3, -0.25) is 14.4 Å². The molecule has 1 saturated heterocycles. The predicted octanol–water partition coefficient (Wildman–Crippen LogP) is 3.74. The van der Waals surface area contributed by atoms with Gasteiger partial charge in [-0.05, 0) is 62.4 Å². The number of anilines is 4. The Morgan fingerprint density at radius 1 is 0.960 bits per heavy atom. The van der Waals surface area contributed by atoms with Crippen molar-refractivity contribution in [2.45, 2.75) is 57.9 Å². The van der Waals surface area contributed by atoms with Crippen molar-refractivity contribution in [3.05, 3.63) is 78.8 Å². The summed E-state index contributed by atoms with van der Waals surface area (Å²) in [7, 11) is 0. The summed E-state index contributed by atoms with van der Waals surface area (Å²) in [6.45, 7) is 8.57. The van der Waals surface area contributed by atoms with E-state index >= 15 is 4.39 Å². The third kappa shape index (κ3) is 6.21. The van der Waals surface area contributed by atoms with Crippen LogP contribution in [0, 0.1) is 12.7 Å². The molecule has 0 amide bonds. The number of carboxylic acids is 2. The van der Waals surface area contributed by atoms with Crippen LogP contribution < -0.4 is 36.5 Å². The molecule has 1 saturated carbocycles. The van der Waals surface area contributed by atoms with Crippen LogP contribution in [0.2, 0.25) is 0 Å². The summed E-state index contributed by atoms with van der Waals surface area (Å²) in [4.78, 5) is 66.6. The highest BCUT2D eigenvalue weighted by Crippen LogP contribution is 2.41. The van der Waals surface area contributed by atoms with Gasteiger partial charge < -0.3 is 34.5 Å². The van der Waals surface area contributed by atoms with Gasteiger partial charge in [0, 0.05) is 62.5 Å². The van der Waals surface area contributed by atoms with Crippen LogP contribution in [0.4, 0.5) is 33.0 Å². The molecule has 3 N–H and O–H groups in total. The van der Waals surface area contributed by atoms with E-state index in [9.17, 15) is 24.3 Å². The zero-order valence-corrected chi connectivity index (χ0v) is 27.7. The van der Waals surface area contributed by atoms with Gasteiger partial charge in [-0.1, -0.05) is 19.4 Å². The molecule has 0 atom stereocenters. The molecule has 3 aliphatic rings. The Kier molecular flexibility index (Phi) is 8.62. The van der Waals surface area contributed by atoms with Crippen molar-refractivity contribution in [1.29, 1.82) is 0 Å². The Balaban J connectivity index is 1.15. The van der Waals surface area contributed by atoms with Crippen molar-refractivity contribution in [2.75, 3.05) is 47.4 Å². The molecule has 4 heterocycles. The number of nitrogens with one attached hydrogen (secondary N) is 1. The molecular formula is C36H38FN7O6. The first-order valence-electron chi connectivity index (χ1n) is 16.9. The van der Waals surface area contributed by atoms with Crippen molar-refractivity contribution in [2.24, 2.45) is 4.99 Å². The number of H-pyrrole nitrogens is 1. The monoisotopic (exact) mass is 683 g/mol. The fourth-order valence-electron chi connectivity index (χ4n) is 7.06. The second-order valence-corrected chi connectivity index (χ2v) is 13.2. The van der Waals surface area contributed by atoms with E-state index in [2.05, 4.69) is 32.5 Å². The minimum atomic E-state index is -1.32. The molecule has 2 aromatic carbocycles. The summed E-state index contributed by atoms with van der Waals surface area (Å²) in [5.74, 6) is -2.26. The number of rotatable bonds is 11. The van der Waals surface area contributed by atoms with Crippen LogP contribution in [0.1, 0.15) is 66.9 Å². The Hall–Kier alpha value is -5.53. The molecule has 7 rings (SSSR count). The second kappa shape index (κ2) is 13.1. The number of hydrogen-bond donors (Lipinski definition) is 3. The number of hydrogen-bond acceptors (Lipinski definition) is 9. The van der Waals surface area contributed by atoms with E-state index in [0.29, 0.717) is 61.9 Å². The topological polar surface area (TPSA) is 164 Å². The average molecular weight is 684 g/mol. The lowest BCUT2D eigenvalue weighted by atomic mass is 10.1. The van der Waals surface area contributed by atoms with E-state index in [0.717, 1.165) is 49.0 Å². The van der Waals surface area contributed by atoms with Gasteiger partial charge in [0.1, 0.15) is 16.9 Å². The van der Waals surface area contributed by atoms with Crippen molar-refractivity contribution in [1.82, 2.24) is 14.5 Å². The highest BCUT2D eigenvalue weighted by atomic mass is 19.1. The first-order chi connectivity index (χ1) is 24.0. The Morgan fingerprint density at radius 3 is 2.34 bits per heavy atom. The Morgan fingerprint density at radius 2 is 1.66 bits per heavy atom. The van der Waals surface area contributed by atoms with Crippen LogP contribution in [-0.2, 0) is 4.79 Å². The Labute approximate surface area is 285 Å². The number of carbonyl (C=O) groups is 2. The normalized spacial score (nSPS) is 15.5. The lowest BCUT2D eigenvalue weighted by Gasteiger charge is -2.39. The summed E-state index contributed by atoms with van der Waals surface area (Å²) < 4.78 is 17.4. The molecule has 0 unspecified atom stereocenters. The lowest BCUT2D eigenvalue weighted by Crippen LogP contribution is -2.47. The molecule has 260 valence electrons. The maximum Gasteiger partial charge on any atom is 0.341 e. The highest BCUT2D eigenvalue weighted by molar-refractivity contribution is 5.93. The van der Waals surface area contributed by atoms with Crippen LogP contribution in [-0.4, -0.2) is 69.4 Å². The number of aromatic amines is 1. The maximum atomic E-state index is 15.6. The molecule has 4 aromatic rings. The SMILES string of the molecule is C=c1nc2c(c(=O)[nH]1)=Nc1cc(C)c(N3CCN(c4cc5c(cc4F)c(=O)c(C(=O)O)cn5C4CC4)CC3)cc1N2CCCCCCC(=O)O. The molecule has 2 aromatic heterocycles. The fourth-order valence-corrected chi connectivity index (χ4v) is 7.06. The van der Waals surface area contributed by atoms with Gasteiger partial charge in [-0.2, -0.15) is 0 Å². The number of aryl methyl sites for hydroxylation is 1. The van der Waals surface area contributed by atoms with Gasteiger partial charge in [0.15, 0.2) is 11.2 Å². The standard InChI is InChI=1S/C36H38FN7O6/c1-20-15-26-30(43(10-6-4-3-5-7-31(45)46)34-32(40-26)35(48)39-21(2)38-34)17-27(20)41-11-13-42(14-12-41)29-18-28-23(16-25(29)37)33(47)24(36(49)50)19-44(28)22-8-9-22/h15-19,22H,2-14H2,1H3,(H,39,48)(H,45,46)(H,49,50). The van der Waals surface area contributed by atoms with Crippen molar-refractivity contribution in [3.8, 4) is 0 Å². The number of piperazine rings is 1. The number of halogens is 1. The van der Waals surface area contributed by atoms with E-state index in [1.165, 1.54) is 12.3 Å². The Bertz CT molecular complexity index is 2270. The van der Waals surface area contributed by atoms with Crippen LogP contribution in [0.3, 0.4) is 0 Å². The molecular weight excluding hydrogens is 645 g/mol. The largest absolute Gasteiger partial charge is 0.481 e. The van der Waals surface area contributed by atoms with Gasteiger partial charge in [0.05, 0.1) is 22.6 Å². The van der Waals surface area contributed by atoms with Crippen molar-refractivity contribution >= 4 is 58.0 Å². The minimum absolute atomic E-state index is 0.0700. The molecule has 1 aliphatic carbocycles. The number of fused-ring (bicyclic) bond motifs is 3. The number of unbranched alkanes of at least 4 members (excludes halogenated alkanes) is 3. The minimum Gasteiger partial charge on any atom is -0.481 e. The first-order valence-corrected chi connectivity index (χ1v) is 16.9. The second-order valence-electron chi connectivity index (χ2n) is 13.2. The fraction of sp³-hybridized carbons (Fsp3) is 0.389. The van der Waals surface area contributed by atoms with Gasteiger partial charge >= 0.3 is 11.9 Å².